The zero-order valence-electron chi connectivity index (χ0n) is 16.1. The minimum Gasteiger partial charge on any atom is -0.345 e. The molecule has 0 unspecified atom stereocenters. The number of fused-ring (bicyclic) bond motifs is 1. The van der Waals surface area contributed by atoms with Crippen LogP contribution in [0.15, 0.2) is 84.9 Å². The predicted molar refractivity (Wildman–Crippen MR) is 114 cm³/mol. The van der Waals surface area contributed by atoms with Gasteiger partial charge in [0.25, 0.3) is 5.91 Å². The van der Waals surface area contributed by atoms with Crippen LogP contribution in [-0.2, 0) is 0 Å². The number of amides is 1. The number of benzene rings is 3. The van der Waals surface area contributed by atoms with Gasteiger partial charge >= 0.3 is 0 Å². The van der Waals surface area contributed by atoms with Crippen LogP contribution in [-0.4, -0.2) is 10.9 Å². The Morgan fingerprint density at radius 1 is 0.931 bits per heavy atom. The van der Waals surface area contributed by atoms with E-state index in [1.165, 1.54) is 0 Å². The van der Waals surface area contributed by atoms with Crippen LogP contribution in [0.2, 0.25) is 0 Å². The highest BCUT2D eigenvalue weighted by molar-refractivity contribution is 6.07. The molecular formula is C25H21FN2O. The van der Waals surface area contributed by atoms with Crippen LogP contribution in [0.3, 0.4) is 0 Å². The molecule has 1 amide bonds. The number of carbonyl (C=O) groups is 1. The third-order valence-corrected chi connectivity index (χ3v) is 5.02. The summed E-state index contributed by atoms with van der Waals surface area (Å²) < 4.78 is 15.6. The van der Waals surface area contributed by atoms with Crippen LogP contribution in [0.5, 0.6) is 0 Å². The molecule has 1 N–H and O–H groups in total. The van der Waals surface area contributed by atoms with Gasteiger partial charge in [-0.25, -0.2) is 9.37 Å². The van der Waals surface area contributed by atoms with Gasteiger partial charge in [-0.15, -0.1) is 0 Å². The first-order valence-corrected chi connectivity index (χ1v) is 9.68. The molecule has 0 aliphatic carbocycles. The van der Waals surface area contributed by atoms with Gasteiger partial charge in [-0.3, -0.25) is 4.79 Å². The fourth-order valence-electron chi connectivity index (χ4n) is 3.53. The number of nitrogens with one attached hydrogen (secondary N) is 1. The Hall–Kier alpha value is -3.53. The number of nitrogens with zero attached hydrogens (tertiary/aromatic N) is 1. The molecule has 0 radical (unpaired) electrons. The van der Waals surface area contributed by atoms with Crippen molar-refractivity contribution in [2.24, 2.45) is 0 Å². The average Bonchev–Trinajstić information content (AvgIpc) is 2.78. The Kier molecular flexibility index (Phi) is 5.34. The van der Waals surface area contributed by atoms with Crippen molar-refractivity contribution in [1.29, 1.82) is 0 Å². The SMILES string of the molecule is CC[C@H](NC(=O)c1c(F)c(-c2ccccc2)nc2ccccc12)c1ccccc1. The molecule has 0 saturated heterocycles. The Morgan fingerprint density at radius 3 is 2.24 bits per heavy atom. The fourth-order valence-corrected chi connectivity index (χ4v) is 3.53. The lowest BCUT2D eigenvalue weighted by atomic mass is 10.0. The van der Waals surface area contributed by atoms with Gasteiger partial charge in [-0.05, 0) is 18.1 Å². The second-order valence-corrected chi connectivity index (χ2v) is 6.88. The molecule has 4 aromatic rings. The van der Waals surface area contributed by atoms with Gasteiger partial charge in [-0.1, -0.05) is 85.8 Å². The summed E-state index contributed by atoms with van der Waals surface area (Å²) in [6.07, 6.45) is 0.700. The number of carbonyl (C=O) groups excluding carboxylic acids is 1. The second kappa shape index (κ2) is 8.23. The van der Waals surface area contributed by atoms with Gasteiger partial charge < -0.3 is 5.32 Å². The molecule has 0 aliphatic rings. The van der Waals surface area contributed by atoms with E-state index in [1.54, 1.807) is 30.3 Å². The van der Waals surface area contributed by atoms with Crippen molar-refractivity contribution < 1.29 is 9.18 Å². The van der Waals surface area contributed by atoms with E-state index in [-0.39, 0.29) is 17.3 Å². The summed E-state index contributed by atoms with van der Waals surface area (Å²) in [5, 5.41) is 3.51. The summed E-state index contributed by atoms with van der Waals surface area (Å²) in [6, 6.07) is 25.8. The summed E-state index contributed by atoms with van der Waals surface area (Å²) in [4.78, 5) is 17.7. The minimum absolute atomic E-state index is 0.0313. The molecule has 3 nitrogen and oxygen atoms in total. The number of para-hydroxylation sites is 1. The van der Waals surface area contributed by atoms with E-state index < -0.39 is 11.7 Å². The quantitative estimate of drug-likeness (QED) is 0.464. The maximum atomic E-state index is 15.6. The second-order valence-electron chi connectivity index (χ2n) is 6.88. The summed E-state index contributed by atoms with van der Waals surface area (Å²) in [6.45, 7) is 1.99. The smallest absolute Gasteiger partial charge is 0.255 e. The summed E-state index contributed by atoms with van der Waals surface area (Å²) in [7, 11) is 0. The van der Waals surface area contributed by atoms with E-state index in [9.17, 15) is 4.79 Å². The first kappa shape index (κ1) is 18.8. The molecule has 29 heavy (non-hydrogen) atoms. The zero-order chi connectivity index (χ0) is 20.2. The third-order valence-electron chi connectivity index (χ3n) is 5.02. The standard InChI is InChI=1S/C25H21FN2O/c1-2-20(17-11-5-3-6-12-17)28-25(29)22-19-15-9-10-16-21(19)27-24(23(22)26)18-13-7-4-8-14-18/h3-16,20H,2H2,1H3,(H,28,29)/t20-/m0/s1. The van der Waals surface area contributed by atoms with Crippen LogP contribution >= 0.6 is 0 Å². The molecule has 0 aliphatic heterocycles. The number of rotatable bonds is 5. The van der Waals surface area contributed by atoms with Gasteiger partial charge in [0.2, 0.25) is 0 Å². The van der Waals surface area contributed by atoms with E-state index in [1.807, 2.05) is 61.5 Å². The summed E-state index contributed by atoms with van der Waals surface area (Å²) in [5.74, 6) is -1.04. The Balaban J connectivity index is 1.82. The van der Waals surface area contributed by atoms with Crippen LogP contribution in [0.1, 0.15) is 35.3 Å². The van der Waals surface area contributed by atoms with Crippen molar-refractivity contribution in [3.05, 3.63) is 102 Å². The predicted octanol–water partition coefficient (Wildman–Crippen LogP) is 5.92. The highest BCUT2D eigenvalue weighted by Gasteiger charge is 2.23. The van der Waals surface area contributed by atoms with Crippen molar-refractivity contribution >= 4 is 16.8 Å². The van der Waals surface area contributed by atoms with Gasteiger partial charge in [0.15, 0.2) is 5.82 Å². The van der Waals surface area contributed by atoms with E-state index in [0.29, 0.717) is 22.9 Å². The zero-order valence-corrected chi connectivity index (χ0v) is 16.1. The highest BCUT2D eigenvalue weighted by atomic mass is 19.1. The molecule has 0 fully saturated rings. The lowest BCUT2D eigenvalue weighted by Crippen LogP contribution is -2.29. The Morgan fingerprint density at radius 2 is 1.55 bits per heavy atom. The van der Waals surface area contributed by atoms with Crippen molar-refractivity contribution in [1.82, 2.24) is 10.3 Å². The van der Waals surface area contributed by atoms with Gasteiger partial charge in [0.05, 0.1) is 17.1 Å². The highest BCUT2D eigenvalue weighted by Crippen LogP contribution is 2.29. The Bertz CT molecular complexity index is 1140. The molecule has 0 saturated carbocycles. The maximum Gasteiger partial charge on any atom is 0.255 e. The topological polar surface area (TPSA) is 42.0 Å². The van der Waals surface area contributed by atoms with Gasteiger partial charge in [0.1, 0.15) is 5.69 Å². The lowest BCUT2D eigenvalue weighted by molar-refractivity contribution is 0.0933. The van der Waals surface area contributed by atoms with Crippen LogP contribution in [0.4, 0.5) is 4.39 Å². The van der Waals surface area contributed by atoms with Crippen LogP contribution in [0.25, 0.3) is 22.2 Å². The average molecular weight is 384 g/mol. The van der Waals surface area contributed by atoms with Crippen molar-refractivity contribution in [2.45, 2.75) is 19.4 Å². The number of halogens is 1. The molecule has 1 heterocycles. The molecule has 1 aromatic heterocycles. The number of pyridine rings is 1. The molecule has 4 heteroatoms. The van der Waals surface area contributed by atoms with Crippen molar-refractivity contribution in [3.63, 3.8) is 0 Å². The van der Waals surface area contributed by atoms with Crippen LogP contribution in [0, 0.1) is 5.82 Å². The number of hydrogen-bond acceptors (Lipinski definition) is 2. The monoisotopic (exact) mass is 384 g/mol. The van der Waals surface area contributed by atoms with Gasteiger partial charge in [-0.2, -0.15) is 0 Å². The molecule has 4 rings (SSSR count). The fraction of sp³-hybridized carbons (Fsp3) is 0.120. The van der Waals surface area contributed by atoms with Crippen LogP contribution < -0.4 is 5.32 Å². The molecule has 144 valence electrons. The first-order chi connectivity index (χ1) is 14.2. The normalized spacial score (nSPS) is 11.9. The van der Waals surface area contributed by atoms with Crippen molar-refractivity contribution in [2.75, 3.05) is 0 Å². The van der Waals surface area contributed by atoms with E-state index >= 15 is 4.39 Å². The molecule has 0 bridgehead atoms. The molecule has 3 aromatic carbocycles. The summed E-state index contributed by atoms with van der Waals surface area (Å²) >= 11 is 0. The molecule has 0 spiro atoms. The van der Waals surface area contributed by atoms with E-state index in [2.05, 4.69) is 10.3 Å². The van der Waals surface area contributed by atoms with E-state index in [0.717, 1.165) is 5.56 Å². The van der Waals surface area contributed by atoms with Crippen molar-refractivity contribution in [3.8, 4) is 11.3 Å². The Labute approximate surface area is 169 Å². The number of aromatic nitrogens is 1. The third kappa shape index (κ3) is 3.74. The molecular weight excluding hydrogens is 363 g/mol. The summed E-state index contributed by atoms with van der Waals surface area (Å²) in [5.41, 5.74) is 2.43. The largest absolute Gasteiger partial charge is 0.345 e. The van der Waals surface area contributed by atoms with E-state index in [4.69, 9.17) is 0 Å². The minimum atomic E-state index is -0.602. The molecule has 1 atom stereocenters. The first-order valence-electron chi connectivity index (χ1n) is 9.68. The number of hydrogen-bond donors (Lipinski definition) is 1. The lowest BCUT2D eigenvalue weighted by Gasteiger charge is -2.19. The van der Waals surface area contributed by atoms with Gasteiger partial charge in [0, 0.05) is 10.9 Å². The maximum absolute atomic E-state index is 15.6.